The monoisotopic (exact) mass is 373 g/mol. The van der Waals surface area contributed by atoms with Gasteiger partial charge in [0.05, 0.1) is 4.47 Å². The molecule has 0 aliphatic heterocycles. The molecule has 2 aromatic carbocycles. The van der Waals surface area contributed by atoms with Crippen molar-refractivity contribution in [2.75, 3.05) is 0 Å². The van der Waals surface area contributed by atoms with Crippen LogP contribution in [0, 0.1) is 5.82 Å². The molecule has 0 atom stereocenters. The maximum absolute atomic E-state index is 13.1. The van der Waals surface area contributed by atoms with Crippen LogP contribution in [0.5, 0.6) is 5.75 Å². The molecule has 0 saturated carbocycles. The molecule has 0 amide bonds. The summed E-state index contributed by atoms with van der Waals surface area (Å²) in [7, 11) is 0. The molecular formula is C14H10BrClFNOS. The number of nitrogens with two attached hydrogens (primary N) is 1. The van der Waals surface area contributed by atoms with E-state index in [1.165, 1.54) is 6.07 Å². The standard InChI is InChI=1S/C14H10BrClFNOS/c15-11-6-10(3-4-13(11)17)19-7-9-2-1-8(14(18)20)5-12(9)16/h1-6H,7H2,(H2,18,20). The molecule has 2 N–H and O–H groups in total. The van der Waals surface area contributed by atoms with Gasteiger partial charge in [0.15, 0.2) is 0 Å². The van der Waals surface area contributed by atoms with Crippen LogP contribution in [0.3, 0.4) is 0 Å². The summed E-state index contributed by atoms with van der Waals surface area (Å²) in [5, 5.41) is 0.525. The molecule has 0 heterocycles. The summed E-state index contributed by atoms with van der Waals surface area (Å²) >= 11 is 14.1. The molecule has 0 aliphatic rings. The molecule has 2 nitrogen and oxygen atoms in total. The van der Waals surface area contributed by atoms with Crippen molar-refractivity contribution in [3.63, 3.8) is 0 Å². The molecular weight excluding hydrogens is 365 g/mol. The third kappa shape index (κ3) is 3.69. The number of hydrogen-bond acceptors (Lipinski definition) is 2. The second-order valence-electron chi connectivity index (χ2n) is 4.04. The highest BCUT2D eigenvalue weighted by atomic mass is 79.9. The SMILES string of the molecule is NC(=S)c1ccc(COc2ccc(F)c(Br)c2)c(Cl)c1. The van der Waals surface area contributed by atoms with E-state index in [2.05, 4.69) is 15.9 Å². The van der Waals surface area contributed by atoms with E-state index >= 15 is 0 Å². The largest absolute Gasteiger partial charge is 0.489 e. The minimum absolute atomic E-state index is 0.272. The lowest BCUT2D eigenvalue weighted by molar-refractivity contribution is 0.305. The lowest BCUT2D eigenvalue weighted by Gasteiger charge is -2.09. The Morgan fingerprint density at radius 3 is 2.65 bits per heavy atom. The fourth-order valence-electron chi connectivity index (χ4n) is 1.55. The van der Waals surface area contributed by atoms with Crippen LogP contribution < -0.4 is 10.5 Å². The normalized spacial score (nSPS) is 10.3. The van der Waals surface area contributed by atoms with E-state index in [9.17, 15) is 4.39 Å². The van der Waals surface area contributed by atoms with Crippen LogP contribution in [0.15, 0.2) is 40.9 Å². The lowest BCUT2D eigenvalue weighted by atomic mass is 10.1. The number of rotatable bonds is 4. The first-order chi connectivity index (χ1) is 9.47. The van der Waals surface area contributed by atoms with Gasteiger partial charge in [-0.05, 0) is 40.2 Å². The first kappa shape index (κ1) is 15.2. The van der Waals surface area contributed by atoms with E-state index < -0.39 is 0 Å². The zero-order valence-corrected chi connectivity index (χ0v) is 13.4. The maximum Gasteiger partial charge on any atom is 0.137 e. The van der Waals surface area contributed by atoms with Gasteiger partial charge in [0, 0.05) is 16.1 Å². The lowest BCUT2D eigenvalue weighted by Crippen LogP contribution is -2.09. The van der Waals surface area contributed by atoms with Crippen LogP contribution >= 0.6 is 39.7 Å². The van der Waals surface area contributed by atoms with Crippen molar-refractivity contribution in [3.05, 3.63) is 62.8 Å². The fraction of sp³-hybridized carbons (Fsp3) is 0.0714. The van der Waals surface area contributed by atoms with Crippen molar-refractivity contribution in [2.45, 2.75) is 6.61 Å². The zero-order chi connectivity index (χ0) is 14.7. The van der Waals surface area contributed by atoms with E-state index in [4.69, 9.17) is 34.3 Å². The van der Waals surface area contributed by atoms with E-state index in [-0.39, 0.29) is 12.4 Å². The van der Waals surface area contributed by atoms with Crippen molar-refractivity contribution in [1.29, 1.82) is 0 Å². The average Bonchev–Trinajstić information content (AvgIpc) is 2.41. The number of benzene rings is 2. The Kier molecular flexibility index (Phi) is 4.96. The highest BCUT2D eigenvalue weighted by molar-refractivity contribution is 9.10. The number of thiocarbonyl (C=S) groups is 1. The zero-order valence-electron chi connectivity index (χ0n) is 10.2. The molecule has 2 aromatic rings. The highest BCUT2D eigenvalue weighted by Gasteiger charge is 2.06. The van der Waals surface area contributed by atoms with E-state index in [0.717, 1.165) is 5.56 Å². The van der Waals surface area contributed by atoms with Gasteiger partial charge in [-0.2, -0.15) is 0 Å². The fourth-order valence-corrected chi connectivity index (χ4v) is 2.27. The molecule has 0 aliphatic carbocycles. The van der Waals surface area contributed by atoms with Crippen LogP contribution in [0.1, 0.15) is 11.1 Å². The molecule has 0 bridgehead atoms. The van der Waals surface area contributed by atoms with E-state index in [1.807, 2.05) is 0 Å². The van der Waals surface area contributed by atoms with Gasteiger partial charge in [-0.25, -0.2) is 4.39 Å². The Morgan fingerprint density at radius 1 is 1.30 bits per heavy atom. The Hall–Kier alpha value is -1.17. The first-order valence-electron chi connectivity index (χ1n) is 5.63. The minimum Gasteiger partial charge on any atom is -0.489 e. The third-order valence-corrected chi connectivity index (χ3v) is 3.82. The van der Waals surface area contributed by atoms with Crippen molar-refractivity contribution in [1.82, 2.24) is 0 Å². The molecule has 0 radical (unpaired) electrons. The predicted molar refractivity (Wildman–Crippen MR) is 85.8 cm³/mol. The summed E-state index contributed by atoms with van der Waals surface area (Å²) in [6, 6.07) is 9.73. The Morgan fingerprint density at radius 2 is 2.05 bits per heavy atom. The Balaban J connectivity index is 2.10. The van der Waals surface area contributed by atoms with Gasteiger partial charge in [-0.1, -0.05) is 36.0 Å². The van der Waals surface area contributed by atoms with Crippen molar-refractivity contribution >= 4 is 44.7 Å². The molecule has 0 fully saturated rings. The predicted octanol–water partition coefficient (Wildman–Crippen LogP) is 4.45. The average molecular weight is 375 g/mol. The van der Waals surface area contributed by atoms with E-state index in [1.54, 1.807) is 30.3 Å². The first-order valence-corrected chi connectivity index (χ1v) is 7.21. The van der Waals surface area contributed by atoms with Crippen molar-refractivity contribution in [2.24, 2.45) is 5.73 Å². The summed E-state index contributed by atoms with van der Waals surface area (Å²) in [5.74, 6) is 0.212. The summed E-state index contributed by atoms with van der Waals surface area (Å²) in [5.41, 5.74) is 7.03. The summed E-state index contributed by atoms with van der Waals surface area (Å²) in [6.45, 7) is 0.272. The third-order valence-electron chi connectivity index (χ3n) is 2.62. The summed E-state index contributed by atoms with van der Waals surface area (Å²) < 4.78 is 19.0. The van der Waals surface area contributed by atoms with E-state index in [0.29, 0.717) is 25.8 Å². The molecule has 20 heavy (non-hydrogen) atoms. The number of ether oxygens (including phenoxy) is 1. The van der Waals surface area contributed by atoms with Gasteiger partial charge < -0.3 is 10.5 Å². The van der Waals surface area contributed by atoms with Crippen LogP contribution in [0.25, 0.3) is 0 Å². The Labute approximate surface area is 134 Å². The molecule has 0 spiro atoms. The molecule has 6 heteroatoms. The smallest absolute Gasteiger partial charge is 0.137 e. The quantitative estimate of drug-likeness (QED) is 0.803. The molecule has 0 aromatic heterocycles. The summed E-state index contributed by atoms with van der Waals surface area (Å²) in [4.78, 5) is 0.293. The van der Waals surface area contributed by atoms with Crippen LogP contribution in [-0.2, 0) is 6.61 Å². The van der Waals surface area contributed by atoms with Gasteiger partial charge >= 0.3 is 0 Å². The van der Waals surface area contributed by atoms with Gasteiger partial charge in [-0.3, -0.25) is 0 Å². The second kappa shape index (κ2) is 6.52. The molecule has 2 rings (SSSR count). The summed E-state index contributed by atoms with van der Waals surface area (Å²) in [6.07, 6.45) is 0. The topological polar surface area (TPSA) is 35.2 Å². The number of halogens is 3. The van der Waals surface area contributed by atoms with Crippen LogP contribution in [0.4, 0.5) is 4.39 Å². The van der Waals surface area contributed by atoms with Gasteiger partial charge in [0.1, 0.15) is 23.2 Å². The molecule has 0 saturated heterocycles. The minimum atomic E-state index is -0.337. The maximum atomic E-state index is 13.1. The molecule has 104 valence electrons. The highest BCUT2D eigenvalue weighted by Crippen LogP contribution is 2.24. The van der Waals surface area contributed by atoms with Crippen molar-refractivity contribution < 1.29 is 9.13 Å². The van der Waals surface area contributed by atoms with Gasteiger partial charge in [0.2, 0.25) is 0 Å². The van der Waals surface area contributed by atoms with Gasteiger partial charge in [0.25, 0.3) is 0 Å². The molecule has 0 unspecified atom stereocenters. The van der Waals surface area contributed by atoms with Gasteiger partial charge in [-0.15, -0.1) is 0 Å². The van der Waals surface area contributed by atoms with Crippen molar-refractivity contribution in [3.8, 4) is 5.75 Å². The second-order valence-corrected chi connectivity index (χ2v) is 5.74. The van der Waals surface area contributed by atoms with Crippen LogP contribution in [-0.4, -0.2) is 4.99 Å². The number of hydrogen-bond donors (Lipinski definition) is 1. The van der Waals surface area contributed by atoms with Crippen LogP contribution in [0.2, 0.25) is 5.02 Å². The Bertz CT molecular complexity index is 666.